The molecule has 0 aliphatic carbocycles. The number of benzene rings is 1. The van der Waals surface area contributed by atoms with Gasteiger partial charge in [-0.25, -0.2) is 8.42 Å². The van der Waals surface area contributed by atoms with Crippen molar-refractivity contribution in [1.29, 1.82) is 0 Å². The fraction of sp³-hybridized carbons (Fsp3) is 0.235. The second kappa shape index (κ2) is 6.78. The largest absolute Gasteiger partial charge is 0.418 e. The summed E-state index contributed by atoms with van der Waals surface area (Å²) in [4.78, 5) is 5.26. The van der Waals surface area contributed by atoms with Gasteiger partial charge in [0.2, 0.25) is 26.6 Å². The van der Waals surface area contributed by atoms with Crippen molar-refractivity contribution >= 4 is 27.1 Å². The van der Waals surface area contributed by atoms with E-state index in [1.807, 2.05) is 31.4 Å². The first-order chi connectivity index (χ1) is 11.5. The van der Waals surface area contributed by atoms with Crippen LogP contribution in [0, 0.1) is 5.92 Å². The molecule has 0 amide bonds. The fourth-order valence-electron chi connectivity index (χ4n) is 2.11. The highest BCUT2D eigenvalue weighted by atomic mass is 32.2. The number of rotatable bonds is 6. The molecule has 0 saturated carbocycles. The zero-order valence-corrected chi connectivity index (χ0v) is 15.0. The van der Waals surface area contributed by atoms with Crippen LogP contribution < -0.4 is 5.32 Å². The van der Waals surface area contributed by atoms with Crippen molar-refractivity contribution < 1.29 is 12.8 Å². The molecule has 0 aliphatic rings. The summed E-state index contributed by atoms with van der Waals surface area (Å²) in [5.41, 5.74) is 0. The van der Waals surface area contributed by atoms with Gasteiger partial charge < -0.3 is 9.73 Å². The van der Waals surface area contributed by atoms with Crippen molar-refractivity contribution in [3.63, 3.8) is 0 Å². The highest BCUT2D eigenvalue weighted by Gasteiger charge is 2.28. The topological polar surface area (TPSA) is 72.2 Å². The average molecular weight is 362 g/mol. The van der Waals surface area contributed by atoms with Crippen molar-refractivity contribution in [3.05, 3.63) is 47.8 Å². The first-order valence-corrected chi connectivity index (χ1v) is 9.93. The smallest absolute Gasteiger partial charge is 0.240 e. The Morgan fingerprint density at radius 1 is 1.17 bits per heavy atom. The van der Waals surface area contributed by atoms with E-state index >= 15 is 0 Å². The van der Waals surface area contributed by atoms with Gasteiger partial charge in [0.1, 0.15) is 0 Å². The van der Waals surface area contributed by atoms with Crippen molar-refractivity contribution in [2.24, 2.45) is 5.92 Å². The summed E-state index contributed by atoms with van der Waals surface area (Å²) in [7, 11) is -3.75. The van der Waals surface area contributed by atoms with E-state index in [4.69, 9.17) is 4.42 Å². The fourth-order valence-corrected chi connectivity index (χ4v) is 4.06. The number of thiophene rings is 1. The Kier molecular flexibility index (Phi) is 4.73. The standard InChI is InChI=1S/C17H18N2O3S2/c1-12(2)11-18-16-17(19-15(22-16)14-9-6-10-23-14)24(20,21)13-7-4-3-5-8-13/h3-10,12,18H,11H2,1-2H3. The lowest BCUT2D eigenvalue weighted by molar-refractivity contribution is 0.568. The molecule has 0 saturated heterocycles. The predicted molar refractivity (Wildman–Crippen MR) is 95.0 cm³/mol. The molecule has 0 aliphatic heterocycles. The molecule has 24 heavy (non-hydrogen) atoms. The quantitative estimate of drug-likeness (QED) is 0.708. The Morgan fingerprint density at radius 3 is 2.54 bits per heavy atom. The summed E-state index contributed by atoms with van der Waals surface area (Å²) in [5, 5.41) is 4.89. The van der Waals surface area contributed by atoms with Crippen molar-refractivity contribution in [2.75, 3.05) is 11.9 Å². The Morgan fingerprint density at radius 2 is 1.92 bits per heavy atom. The molecule has 2 heterocycles. The first-order valence-electron chi connectivity index (χ1n) is 7.57. The molecule has 0 atom stereocenters. The van der Waals surface area contributed by atoms with E-state index in [9.17, 15) is 8.42 Å². The van der Waals surface area contributed by atoms with Crippen LogP contribution in [0.2, 0.25) is 0 Å². The van der Waals surface area contributed by atoms with Gasteiger partial charge in [-0.15, -0.1) is 11.3 Å². The van der Waals surface area contributed by atoms with Crippen LogP contribution >= 0.6 is 11.3 Å². The molecule has 1 aromatic carbocycles. The number of aromatic nitrogens is 1. The third-order valence-electron chi connectivity index (χ3n) is 3.31. The van der Waals surface area contributed by atoms with Gasteiger partial charge in [-0.2, -0.15) is 4.98 Å². The van der Waals surface area contributed by atoms with Crippen molar-refractivity contribution in [1.82, 2.24) is 4.98 Å². The number of nitrogens with zero attached hydrogens (tertiary/aromatic N) is 1. The highest BCUT2D eigenvalue weighted by Crippen LogP contribution is 2.33. The van der Waals surface area contributed by atoms with Crippen LogP contribution in [0.15, 0.2) is 62.2 Å². The maximum absolute atomic E-state index is 12.9. The van der Waals surface area contributed by atoms with Crippen LogP contribution in [0.3, 0.4) is 0 Å². The molecule has 1 N–H and O–H groups in total. The SMILES string of the molecule is CC(C)CNc1oc(-c2cccs2)nc1S(=O)(=O)c1ccccc1. The van der Waals surface area contributed by atoms with Crippen LogP contribution in [0.5, 0.6) is 0 Å². The van der Waals surface area contributed by atoms with Gasteiger partial charge in [0.05, 0.1) is 9.77 Å². The second-order valence-corrected chi connectivity index (χ2v) is 8.53. The van der Waals surface area contributed by atoms with Crippen molar-refractivity contribution in [2.45, 2.75) is 23.8 Å². The van der Waals surface area contributed by atoms with Gasteiger partial charge in [-0.05, 0) is 29.5 Å². The maximum atomic E-state index is 12.9. The summed E-state index contributed by atoms with van der Waals surface area (Å²) in [6.07, 6.45) is 0. The van der Waals surface area contributed by atoms with E-state index in [2.05, 4.69) is 10.3 Å². The molecule has 0 spiro atoms. The van der Waals surface area contributed by atoms with Gasteiger partial charge in [0.25, 0.3) is 0 Å². The number of nitrogens with one attached hydrogen (secondary N) is 1. The summed E-state index contributed by atoms with van der Waals surface area (Å²) in [6, 6.07) is 12.0. The number of sulfone groups is 1. The van der Waals surface area contributed by atoms with E-state index in [-0.39, 0.29) is 15.8 Å². The normalized spacial score (nSPS) is 11.8. The molecular formula is C17H18N2O3S2. The third kappa shape index (κ3) is 3.37. The molecule has 0 unspecified atom stereocenters. The van der Waals surface area contributed by atoms with Crippen LogP contribution in [0.1, 0.15) is 13.8 Å². The van der Waals surface area contributed by atoms with E-state index in [1.165, 1.54) is 11.3 Å². The van der Waals surface area contributed by atoms with Crippen LogP contribution in [0.4, 0.5) is 5.88 Å². The molecule has 3 aromatic rings. The lowest BCUT2D eigenvalue weighted by Crippen LogP contribution is -2.11. The minimum absolute atomic E-state index is 0.0715. The van der Waals surface area contributed by atoms with Gasteiger partial charge in [-0.1, -0.05) is 38.1 Å². The molecule has 0 bridgehead atoms. The van der Waals surface area contributed by atoms with Gasteiger partial charge in [0.15, 0.2) is 0 Å². The molecule has 0 fully saturated rings. The Labute approximate surface area is 145 Å². The van der Waals surface area contributed by atoms with E-state index < -0.39 is 9.84 Å². The van der Waals surface area contributed by atoms with Crippen LogP contribution in [-0.4, -0.2) is 19.9 Å². The van der Waals surface area contributed by atoms with Gasteiger partial charge in [0, 0.05) is 6.54 Å². The summed E-state index contributed by atoms with van der Waals surface area (Å²) < 4.78 is 31.6. The maximum Gasteiger partial charge on any atom is 0.240 e. The third-order valence-corrected chi connectivity index (χ3v) is 5.84. The summed E-state index contributed by atoms with van der Waals surface area (Å²) in [5.74, 6) is 0.842. The zero-order valence-electron chi connectivity index (χ0n) is 13.4. The molecule has 3 rings (SSSR count). The van der Waals surface area contributed by atoms with E-state index in [1.54, 1.807) is 30.3 Å². The Hall–Kier alpha value is -2.12. The minimum Gasteiger partial charge on any atom is -0.418 e. The number of hydrogen-bond donors (Lipinski definition) is 1. The lowest BCUT2D eigenvalue weighted by Gasteiger charge is -2.07. The number of hydrogen-bond acceptors (Lipinski definition) is 6. The number of anilines is 1. The van der Waals surface area contributed by atoms with Gasteiger partial charge in [-0.3, -0.25) is 0 Å². The van der Waals surface area contributed by atoms with Crippen LogP contribution in [-0.2, 0) is 9.84 Å². The average Bonchev–Trinajstić information content (AvgIpc) is 3.23. The molecule has 0 radical (unpaired) electrons. The predicted octanol–water partition coefficient (Wildman–Crippen LogP) is 4.30. The monoisotopic (exact) mass is 362 g/mol. The number of oxazole rings is 1. The lowest BCUT2D eigenvalue weighted by atomic mass is 10.2. The van der Waals surface area contributed by atoms with E-state index in [0.717, 1.165) is 4.88 Å². The van der Waals surface area contributed by atoms with Crippen LogP contribution in [0.25, 0.3) is 10.8 Å². The zero-order chi connectivity index (χ0) is 17.2. The molecule has 5 nitrogen and oxygen atoms in total. The molecule has 126 valence electrons. The second-order valence-electron chi connectivity index (χ2n) is 5.72. The Bertz CT molecular complexity index is 899. The summed E-state index contributed by atoms with van der Waals surface area (Å²) >= 11 is 1.45. The molecule has 2 aromatic heterocycles. The van der Waals surface area contributed by atoms with Gasteiger partial charge >= 0.3 is 0 Å². The highest BCUT2D eigenvalue weighted by molar-refractivity contribution is 7.91. The first kappa shape index (κ1) is 16.7. The minimum atomic E-state index is -3.75. The summed E-state index contributed by atoms with van der Waals surface area (Å²) in [6.45, 7) is 4.67. The Balaban J connectivity index is 2.08. The molecule has 7 heteroatoms. The molecular weight excluding hydrogens is 344 g/mol. The van der Waals surface area contributed by atoms with E-state index in [0.29, 0.717) is 18.4 Å². The van der Waals surface area contributed by atoms with Crippen molar-refractivity contribution in [3.8, 4) is 10.8 Å².